The molecule has 1 aromatic carbocycles. The standard InChI is InChI=1S/C16H23NO2/c1-12-6-7-14(10-13(12)2)17(3)11-16(8-5-9-16)15(18)19-4/h6-7,10H,5,8-9,11H2,1-4H3. The number of rotatable bonds is 4. The van der Waals surface area contributed by atoms with Gasteiger partial charge in [0.2, 0.25) is 0 Å². The van der Waals surface area contributed by atoms with Crippen molar-refractivity contribution in [2.45, 2.75) is 33.1 Å². The van der Waals surface area contributed by atoms with Gasteiger partial charge in [-0.05, 0) is 49.9 Å². The van der Waals surface area contributed by atoms with Gasteiger partial charge in [-0.15, -0.1) is 0 Å². The average Bonchev–Trinajstić information content (AvgIpc) is 2.35. The highest BCUT2D eigenvalue weighted by Gasteiger charge is 2.46. The molecule has 0 aliphatic heterocycles. The molecular weight excluding hydrogens is 238 g/mol. The van der Waals surface area contributed by atoms with E-state index in [1.165, 1.54) is 23.9 Å². The summed E-state index contributed by atoms with van der Waals surface area (Å²) >= 11 is 0. The largest absolute Gasteiger partial charge is 0.469 e. The van der Waals surface area contributed by atoms with Crippen LogP contribution >= 0.6 is 0 Å². The molecule has 0 amide bonds. The van der Waals surface area contributed by atoms with Crippen molar-refractivity contribution in [3.8, 4) is 0 Å². The molecule has 0 heterocycles. The molecule has 19 heavy (non-hydrogen) atoms. The van der Waals surface area contributed by atoms with Crippen LogP contribution in [-0.2, 0) is 9.53 Å². The maximum atomic E-state index is 12.0. The number of carbonyl (C=O) groups is 1. The van der Waals surface area contributed by atoms with Gasteiger partial charge in [-0.2, -0.15) is 0 Å². The number of methoxy groups -OCH3 is 1. The molecule has 2 rings (SSSR count). The number of hydrogen-bond donors (Lipinski definition) is 0. The molecule has 0 N–H and O–H groups in total. The number of ether oxygens (including phenoxy) is 1. The average molecular weight is 261 g/mol. The Morgan fingerprint density at radius 1 is 1.32 bits per heavy atom. The van der Waals surface area contributed by atoms with Gasteiger partial charge in [0.1, 0.15) is 0 Å². The van der Waals surface area contributed by atoms with E-state index in [1.54, 1.807) is 0 Å². The lowest BCUT2D eigenvalue weighted by Gasteiger charge is -2.42. The Hall–Kier alpha value is -1.51. The summed E-state index contributed by atoms with van der Waals surface area (Å²) in [6.45, 7) is 4.97. The number of hydrogen-bond acceptors (Lipinski definition) is 3. The molecular formula is C16H23NO2. The number of esters is 1. The molecule has 3 heteroatoms. The summed E-state index contributed by atoms with van der Waals surface area (Å²) in [5.41, 5.74) is 3.45. The second-order valence-corrected chi connectivity index (χ2v) is 5.75. The lowest BCUT2D eigenvalue weighted by Crippen LogP contribution is -2.47. The van der Waals surface area contributed by atoms with E-state index >= 15 is 0 Å². The molecule has 1 saturated carbocycles. The Morgan fingerprint density at radius 2 is 2.00 bits per heavy atom. The summed E-state index contributed by atoms with van der Waals surface area (Å²) in [7, 11) is 3.53. The Kier molecular flexibility index (Phi) is 3.83. The zero-order valence-electron chi connectivity index (χ0n) is 12.3. The third-order valence-electron chi connectivity index (χ3n) is 4.40. The molecule has 1 aliphatic rings. The van der Waals surface area contributed by atoms with Crippen molar-refractivity contribution in [1.82, 2.24) is 0 Å². The normalized spacial score (nSPS) is 16.6. The summed E-state index contributed by atoms with van der Waals surface area (Å²) in [6, 6.07) is 6.43. The molecule has 1 fully saturated rings. The first kappa shape index (κ1) is 13.9. The van der Waals surface area contributed by atoms with E-state index in [0.717, 1.165) is 25.8 Å². The van der Waals surface area contributed by atoms with E-state index in [9.17, 15) is 4.79 Å². The highest BCUT2D eigenvalue weighted by Crippen LogP contribution is 2.43. The minimum absolute atomic E-state index is 0.0607. The maximum Gasteiger partial charge on any atom is 0.313 e. The van der Waals surface area contributed by atoms with Crippen molar-refractivity contribution in [1.29, 1.82) is 0 Å². The molecule has 0 unspecified atom stereocenters. The van der Waals surface area contributed by atoms with Crippen molar-refractivity contribution < 1.29 is 9.53 Å². The Bertz CT molecular complexity index is 478. The van der Waals surface area contributed by atoms with Crippen LogP contribution in [0, 0.1) is 19.3 Å². The van der Waals surface area contributed by atoms with Gasteiger partial charge in [0.25, 0.3) is 0 Å². The predicted molar refractivity (Wildman–Crippen MR) is 77.5 cm³/mol. The molecule has 0 bridgehead atoms. The van der Waals surface area contributed by atoms with E-state index in [-0.39, 0.29) is 11.4 Å². The van der Waals surface area contributed by atoms with Gasteiger partial charge >= 0.3 is 5.97 Å². The summed E-state index contributed by atoms with van der Waals surface area (Å²) in [4.78, 5) is 14.1. The lowest BCUT2D eigenvalue weighted by molar-refractivity contribution is -0.157. The van der Waals surface area contributed by atoms with Crippen molar-refractivity contribution >= 4 is 11.7 Å². The van der Waals surface area contributed by atoms with Crippen LogP contribution in [-0.4, -0.2) is 26.7 Å². The summed E-state index contributed by atoms with van der Waals surface area (Å²) in [5.74, 6) is -0.0607. The monoisotopic (exact) mass is 261 g/mol. The fourth-order valence-electron chi connectivity index (χ4n) is 2.76. The Labute approximate surface area is 115 Å². The van der Waals surface area contributed by atoms with Crippen LogP contribution in [0.4, 0.5) is 5.69 Å². The highest BCUT2D eigenvalue weighted by molar-refractivity contribution is 5.78. The third kappa shape index (κ3) is 2.60. The molecule has 0 aromatic heterocycles. The van der Waals surface area contributed by atoms with Crippen molar-refractivity contribution in [2.75, 3.05) is 25.6 Å². The molecule has 1 aliphatic carbocycles. The Balaban J connectivity index is 2.13. The smallest absolute Gasteiger partial charge is 0.313 e. The van der Waals surface area contributed by atoms with Gasteiger partial charge in [-0.25, -0.2) is 0 Å². The fraction of sp³-hybridized carbons (Fsp3) is 0.562. The number of anilines is 1. The molecule has 0 atom stereocenters. The van der Waals surface area contributed by atoms with Gasteiger partial charge in [-0.1, -0.05) is 12.5 Å². The zero-order valence-corrected chi connectivity index (χ0v) is 12.3. The van der Waals surface area contributed by atoms with Crippen molar-refractivity contribution in [3.63, 3.8) is 0 Å². The lowest BCUT2D eigenvalue weighted by atomic mass is 9.68. The number of aryl methyl sites for hydroxylation is 2. The summed E-state index contributed by atoms with van der Waals surface area (Å²) in [5, 5.41) is 0. The maximum absolute atomic E-state index is 12.0. The molecule has 1 aromatic rings. The van der Waals surface area contributed by atoms with Gasteiger partial charge in [0.05, 0.1) is 12.5 Å². The number of nitrogens with zero attached hydrogens (tertiary/aromatic N) is 1. The van der Waals surface area contributed by atoms with Crippen LogP contribution < -0.4 is 4.90 Å². The van der Waals surface area contributed by atoms with Crippen LogP contribution in [0.5, 0.6) is 0 Å². The van der Waals surface area contributed by atoms with Crippen LogP contribution in [0.3, 0.4) is 0 Å². The van der Waals surface area contributed by atoms with E-state index in [1.807, 2.05) is 7.05 Å². The molecule has 0 saturated heterocycles. The second kappa shape index (κ2) is 5.24. The SMILES string of the molecule is COC(=O)C1(CN(C)c2ccc(C)c(C)c2)CCC1. The molecule has 3 nitrogen and oxygen atoms in total. The van der Waals surface area contributed by atoms with E-state index in [4.69, 9.17) is 4.74 Å². The topological polar surface area (TPSA) is 29.5 Å². The van der Waals surface area contributed by atoms with Crippen LogP contribution in [0.15, 0.2) is 18.2 Å². The first-order valence-electron chi connectivity index (χ1n) is 6.85. The number of carbonyl (C=O) groups excluding carboxylic acids is 1. The first-order chi connectivity index (χ1) is 8.98. The second-order valence-electron chi connectivity index (χ2n) is 5.75. The minimum Gasteiger partial charge on any atom is -0.469 e. The quantitative estimate of drug-likeness (QED) is 0.780. The van der Waals surface area contributed by atoms with Gasteiger partial charge < -0.3 is 9.64 Å². The van der Waals surface area contributed by atoms with Crippen LogP contribution in [0.25, 0.3) is 0 Å². The zero-order chi connectivity index (χ0) is 14.0. The van der Waals surface area contributed by atoms with Gasteiger partial charge in [0, 0.05) is 19.3 Å². The molecule has 104 valence electrons. The van der Waals surface area contributed by atoms with E-state index in [2.05, 4.69) is 36.9 Å². The van der Waals surface area contributed by atoms with Gasteiger partial charge in [-0.3, -0.25) is 4.79 Å². The molecule has 0 spiro atoms. The van der Waals surface area contributed by atoms with Crippen molar-refractivity contribution in [2.24, 2.45) is 5.41 Å². The van der Waals surface area contributed by atoms with Gasteiger partial charge in [0.15, 0.2) is 0 Å². The predicted octanol–water partition coefficient (Wildman–Crippen LogP) is 3.08. The number of benzene rings is 1. The van der Waals surface area contributed by atoms with E-state index < -0.39 is 0 Å². The first-order valence-corrected chi connectivity index (χ1v) is 6.85. The van der Waals surface area contributed by atoms with E-state index in [0.29, 0.717) is 0 Å². The minimum atomic E-state index is -0.289. The third-order valence-corrected chi connectivity index (χ3v) is 4.40. The molecule has 0 radical (unpaired) electrons. The summed E-state index contributed by atoms with van der Waals surface area (Å²) in [6.07, 6.45) is 3.00. The van der Waals surface area contributed by atoms with Crippen LogP contribution in [0.2, 0.25) is 0 Å². The highest BCUT2D eigenvalue weighted by atomic mass is 16.5. The van der Waals surface area contributed by atoms with Crippen molar-refractivity contribution in [3.05, 3.63) is 29.3 Å². The Morgan fingerprint density at radius 3 is 2.47 bits per heavy atom. The summed E-state index contributed by atoms with van der Waals surface area (Å²) < 4.78 is 4.97. The van der Waals surface area contributed by atoms with Crippen LogP contribution in [0.1, 0.15) is 30.4 Å². The fourth-order valence-corrected chi connectivity index (χ4v) is 2.76.